The Labute approximate surface area is 129 Å². The first kappa shape index (κ1) is 16.0. The fourth-order valence-electron chi connectivity index (χ4n) is 2.54. The quantitative estimate of drug-likeness (QED) is 0.902. The van der Waals surface area contributed by atoms with Gasteiger partial charge >= 0.3 is 6.03 Å². The third-order valence-electron chi connectivity index (χ3n) is 3.32. The fraction of sp³-hybridized carbons (Fsp3) is 0.600. The van der Waals surface area contributed by atoms with Crippen LogP contribution in [-0.2, 0) is 4.79 Å². The number of carbonyl (C=O) groups is 2. The topological polar surface area (TPSA) is 61.4 Å². The highest BCUT2D eigenvalue weighted by Gasteiger charge is 2.28. The van der Waals surface area contributed by atoms with Crippen LogP contribution < -0.4 is 10.6 Å². The van der Waals surface area contributed by atoms with Crippen LogP contribution in [0.4, 0.5) is 4.79 Å². The van der Waals surface area contributed by atoms with Crippen molar-refractivity contribution in [2.75, 3.05) is 13.1 Å². The van der Waals surface area contributed by atoms with Crippen molar-refractivity contribution in [3.8, 4) is 0 Å². The predicted octanol–water partition coefficient (Wildman–Crippen LogP) is 2.51. The molecule has 2 rings (SSSR count). The zero-order valence-electron chi connectivity index (χ0n) is 12.8. The zero-order chi connectivity index (χ0) is 15.5. The van der Waals surface area contributed by atoms with Gasteiger partial charge in [0.2, 0.25) is 5.91 Å². The van der Waals surface area contributed by atoms with E-state index in [1.807, 2.05) is 26.8 Å². The van der Waals surface area contributed by atoms with Crippen LogP contribution in [0.5, 0.6) is 0 Å². The number of carbonyl (C=O) groups excluding carboxylic acids is 2. The van der Waals surface area contributed by atoms with Crippen molar-refractivity contribution in [3.63, 3.8) is 0 Å². The lowest BCUT2D eigenvalue weighted by atomic mass is 10.1. The Morgan fingerprint density at radius 2 is 2.19 bits per heavy atom. The molecule has 1 atom stereocenters. The van der Waals surface area contributed by atoms with Crippen LogP contribution in [0.1, 0.15) is 44.5 Å². The van der Waals surface area contributed by atoms with Crippen LogP contribution in [0, 0.1) is 0 Å². The average molecular weight is 309 g/mol. The Bertz CT molecular complexity index is 494. The Balaban J connectivity index is 1.86. The number of hydrogen-bond donors (Lipinski definition) is 2. The maximum absolute atomic E-state index is 12.0. The van der Waals surface area contributed by atoms with Crippen molar-refractivity contribution in [2.45, 2.75) is 45.2 Å². The number of nitrogens with zero attached hydrogens (tertiary/aromatic N) is 1. The Hall–Kier alpha value is -1.40. The molecule has 0 spiro atoms. The number of likely N-dealkylation sites (tertiary alicyclic amines) is 1. The highest BCUT2D eigenvalue weighted by atomic mass is 32.1. The molecule has 0 radical (unpaired) electrons. The number of urea groups is 1. The predicted molar refractivity (Wildman–Crippen MR) is 84.3 cm³/mol. The van der Waals surface area contributed by atoms with Gasteiger partial charge in [-0.15, -0.1) is 11.3 Å². The number of hydrogen-bond acceptors (Lipinski definition) is 4. The molecule has 0 aromatic carbocycles. The van der Waals surface area contributed by atoms with E-state index in [2.05, 4.69) is 27.0 Å². The van der Waals surface area contributed by atoms with Gasteiger partial charge in [0.1, 0.15) is 0 Å². The standard InChI is InChI=1S/C15H23N3O2S/c1-15(2,3)17-14(20)16-13(19)10-18-8-4-6-11(18)12-7-5-9-21-12/h5,7,9,11H,4,6,8,10H2,1-3H3,(H2,16,17,19,20)/t11-/m1/s1. The minimum Gasteiger partial charge on any atom is -0.333 e. The molecule has 1 aliphatic rings. The summed E-state index contributed by atoms with van der Waals surface area (Å²) >= 11 is 1.72. The van der Waals surface area contributed by atoms with Gasteiger partial charge in [0.05, 0.1) is 6.54 Å². The summed E-state index contributed by atoms with van der Waals surface area (Å²) in [6.07, 6.45) is 2.16. The summed E-state index contributed by atoms with van der Waals surface area (Å²) in [7, 11) is 0. The summed E-state index contributed by atoms with van der Waals surface area (Å²) in [6, 6.07) is 4.02. The van der Waals surface area contributed by atoms with Gasteiger partial charge in [-0.05, 0) is 51.6 Å². The molecular weight excluding hydrogens is 286 g/mol. The maximum Gasteiger partial charge on any atom is 0.321 e. The third kappa shape index (κ3) is 4.82. The second kappa shape index (κ2) is 6.58. The van der Waals surface area contributed by atoms with Gasteiger partial charge in [-0.2, -0.15) is 0 Å². The largest absolute Gasteiger partial charge is 0.333 e. The number of imide groups is 1. The highest BCUT2D eigenvalue weighted by Crippen LogP contribution is 2.33. The van der Waals surface area contributed by atoms with E-state index >= 15 is 0 Å². The normalized spacial score (nSPS) is 19.5. The second-order valence-corrected chi connectivity index (χ2v) is 7.38. The molecule has 0 bridgehead atoms. The molecule has 2 N–H and O–H groups in total. The van der Waals surface area contributed by atoms with E-state index in [0.717, 1.165) is 19.4 Å². The number of nitrogens with one attached hydrogen (secondary N) is 2. The van der Waals surface area contributed by atoms with E-state index in [4.69, 9.17) is 0 Å². The molecule has 5 nitrogen and oxygen atoms in total. The zero-order valence-corrected chi connectivity index (χ0v) is 13.6. The summed E-state index contributed by atoms with van der Waals surface area (Å²) in [5.74, 6) is -0.250. The van der Waals surface area contributed by atoms with Crippen LogP contribution in [0.3, 0.4) is 0 Å². The molecule has 1 aromatic heterocycles. The Kier molecular flexibility index (Phi) is 5.00. The monoisotopic (exact) mass is 309 g/mol. The average Bonchev–Trinajstić information content (AvgIpc) is 2.94. The SMILES string of the molecule is CC(C)(C)NC(=O)NC(=O)CN1CCC[C@@H]1c1cccs1. The summed E-state index contributed by atoms with van der Waals surface area (Å²) in [5, 5.41) is 7.19. The van der Waals surface area contributed by atoms with Crippen LogP contribution in [0.15, 0.2) is 17.5 Å². The molecule has 116 valence electrons. The molecule has 3 amide bonds. The minimum absolute atomic E-state index is 0.250. The molecule has 2 heterocycles. The van der Waals surface area contributed by atoms with Gasteiger partial charge in [-0.3, -0.25) is 15.0 Å². The summed E-state index contributed by atoms with van der Waals surface area (Å²) in [5.41, 5.74) is -0.350. The molecule has 1 aliphatic heterocycles. The van der Waals surface area contributed by atoms with Crippen LogP contribution in [-0.4, -0.2) is 35.5 Å². The van der Waals surface area contributed by atoms with Crippen molar-refractivity contribution in [3.05, 3.63) is 22.4 Å². The first-order chi connectivity index (χ1) is 9.85. The summed E-state index contributed by atoms with van der Waals surface area (Å²) < 4.78 is 0. The lowest BCUT2D eigenvalue weighted by Crippen LogP contribution is -2.50. The molecule has 1 aromatic rings. The van der Waals surface area contributed by atoms with Gasteiger partial charge in [0, 0.05) is 16.5 Å². The van der Waals surface area contributed by atoms with Gasteiger partial charge in [0.25, 0.3) is 0 Å². The van der Waals surface area contributed by atoms with Gasteiger partial charge < -0.3 is 5.32 Å². The van der Waals surface area contributed by atoms with Crippen molar-refractivity contribution in [1.29, 1.82) is 0 Å². The van der Waals surface area contributed by atoms with E-state index in [9.17, 15) is 9.59 Å². The molecular formula is C15H23N3O2S. The molecule has 6 heteroatoms. The van der Waals surface area contributed by atoms with Crippen molar-refractivity contribution < 1.29 is 9.59 Å². The van der Waals surface area contributed by atoms with Crippen LogP contribution in [0.25, 0.3) is 0 Å². The maximum atomic E-state index is 12.0. The summed E-state index contributed by atoms with van der Waals surface area (Å²) in [6.45, 7) is 6.80. The summed E-state index contributed by atoms with van der Waals surface area (Å²) in [4.78, 5) is 27.1. The van der Waals surface area contributed by atoms with Gasteiger partial charge in [-0.25, -0.2) is 4.79 Å². The van der Waals surface area contributed by atoms with Gasteiger partial charge in [-0.1, -0.05) is 6.07 Å². The van der Waals surface area contributed by atoms with Crippen molar-refractivity contribution in [2.24, 2.45) is 0 Å². The molecule has 21 heavy (non-hydrogen) atoms. The van der Waals surface area contributed by atoms with E-state index < -0.39 is 6.03 Å². The molecule has 0 aliphatic carbocycles. The van der Waals surface area contributed by atoms with E-state index in [-0.39, 0.29) is 18.0 Å². The first-order valence-corrected chi connectivity index (χ1v) is 8.12. The van der Waals surface area contributed by atoms with Gasteiger partial charge in [0.15, 0.2) is 0 Å². The molecule has 0 saturated carbocycles. The number of rotatable bonds is 3. The van der Waals surface area contributed by atoms with Crippen LogP contribution >= 0.6 is 11.3 Å². The smallest absolute Gasteiger partial charge is 0.321 e. The van der Waals surface area contributed by atoms with Crippen LogP contribution in [0.2, 0.25) is 0 Å². The minimum atomic E-state index is -0.431. The Morgan fingerprint density at radius 1 is 1.43 bits per heavy atom. The molecule has 0 unspecified atom stereocenters. The second-order valence-electron chi connectivity index (χ2n) is 6.40. The number of thiophene rings is 1. The fourth-order valence-corrected chi connectivity index (χ4v) is 3.44. The Morgan fingerprint density at radius 3 is 2.81 bits per heavy atom. The lowest BCUT2D eigenvalue weighted by molar-refractivity contribution is -0.121. The lowest BCUT2D eigenvalue weighted by Gasteiger charge is -2.24. The molecule has 1 saturated heterocycles. The highest BCUT2D eigenvalue weighted by molar-refractivity contribution is 7.10. The number of amides is 3. The van der Waals surface area contributed by atoms with Crippen molar-refractivity contribution in [1.82, 2.24) is 15.5 Å². The van der Waals surface area contributed by atoms with E-state index in [0.29, 0.717) is 6.04 Å². The first-order valence-electron chi connectivity index (χ1n) is 7.24. The van der Waals surface area contributed by atoms with E-state index in [1.165, 1.54) is 4.88 Å². The molecule has 1 fully saturated rings. The van der Waals surface area contributed by atoms with Crippen molar-refractivity contribution >= 4 is 23.3 Å². The van der Waals surface area contributed by atoms with E-state index in [1.54, 1.807) is 11.3 Å². The third-order valence-corrected chi connectivity index (χ3v) is 4.30.